The van der Waals surface area contributed by atoms with E-state index in [1.54, 1.807) is 6.92 Å². The van der Waals surface area contributed by atoms with Crippen molar-refractivity contribution in [2.75, 3.05) is 46.7 Å². The van der Waals surface area contributed by atoms with Crippen molar-refractivity contribution in [2.45, 2.75) is 24.8 Å². The van der Waals surface area contributed by atoms with Crippen molar-refractivity contribution in [2.24, 2.45) is 0 Å². The van der Waals surface area contributed by atoms with Crippen LogP contribution in [0.1, 0.15) is 38.1 Å². The van der Waals surface area contributed by atoms with Gasteiger partial charge in [-0.05, 0) is 43.2 Å². The highest BCUT2D eigenvalue weighted by atomic mass is 32.2. The van der Waals surface area contributed by atoms with Gasteiger partial charge in [-0.25, -0.2) is 22.3 Å². The first-order valence-corrected chi connectivity index (χ1v) is 13.5. The summed E-state index contributed by atoms with van der Waals surface area (Å²) in [7, 11) is 2.14. The molecule has 200 valence electrons. The number of hydrogen-bond acceptors (Lipinski definition) is 8. The normalized spacial score (nSPS) is 13.1. The fourth-order valence-corrected chi connectivity index (χ4v) is 5.70. The number of amides is 5. The van der Waals surface area contributed by atoms with Crippen LogP contribution in [0, 0.1) is 0 Å². The van der Waals surface area contributed by atoms with Gasteiger partial charge in [0.25, 0.3) is 11.8 Å². The second-order valence-corrected chi connectivity index (χ2v) is 11.8. The van der Waals surface area contributed by atoms with E-state index in [2.05, 4.69) is 10.6 Å². The highest BCUT2D eigenvalue weighted by molar-refractivity contribution is 7.89. The molecule has 0 fully saturated rings. The van der Waals surface area contributed by atoms with Gasteiger partial charge in [0.15, 0.2) is 0 Å². The number of hydrogen-bond donors (Lipinski definition) is 2. The molecule has 2 heterocycles. The molecule has 0 bridgehead atoms. The number of sulfonamides is 1. The molecule has 12 nitrogen and oxygen atoms in total. The van der Waals surface area contributed by atoms with Crippen LogP contribution < -0.4 is 10.6 Å². The minimum atomic E-state index is -3.66. The van der Waals surface area contributed by atoms with Crippen molar-refractivity contribution in [3.63, 3.8) is 0 Å². The molecule has 1 aliphatic rings. The number of nitrogens with one attached hydrogen (secondary N) is 2. The molecule has 0 spiro atoms. The summed E-state index contributed by atoms with van der Waals surface area (Å²) in [5.41, 5.74) is 0.962. The summed E-state index contributed by atoms with van der Waals surface area (Å²) in [4.78, 5) is 53.9. The fourth-order valence-electron chi connectivity index (χ4n) is 3.54. The Balaban J connectivity index is 1.92. The molecule has 2 N–H and O–H groups in total. The summed E-state index contributed by atoms with van der Waals surface area (Å²) in [5.74, 6) is -1.24. The van der Waals surface area contributed by atoms with E-state index in [1.165, 1.54) is 62.3 Å². The molecule has 14 heteroatoms. The Kier molecular flexibility index (Phi) is 8.56. The lowest BCUT2D eigenvalue weighted by atomic mass is 10.0. The maximum Gasteiger partial charge on any atom is 0.410 e. The number of imide groups is 1. The lowest BCUT2D eigenvalue weighted by Gasteiger charge is -2.26. The van der Waals surface area contributed by atoms with Gasteiger partial charge in [-0.1, -0.05) is 0 Å². The third kappa shape index (κ3) is 6.09. The van der Waals surface area contributed by atoms with Crippen LogP contribution >= 0.6 is 11.3 Å². The van der Waals surface area contributed by atoms with Gasteiger partial charge < -0.3 is 19.9 Å². The van der Waals surface area contributed by atoms with Crippen LogP contribution in [0.4, 0.5) is 14.6 Å². The second kappa shape index (κ2) is 11.3. The molecule has 5 amide bonds. The number of nitrogens with zero attached hydrogens (tertiary/aromatic N) is 3. The standard InChI is InChI=1S/C23H29N5O7S2/c1-6-35-23(32)28-12-11-16-17(13-28)36-21(18(16)20(30)25-22(31)26(2)3)24-19(29)14-7-9-15(10-8-14)37(33,34)27(4)5/h7-10H,6,11-13H2,1-5H3,(H,24,29)(H,25,30,31). The molecule has 0 atom stereocenters. The molecule has 0 saturated heterocycles. The second-order valence-electron chi connectivity index (χ2n) is 8.50. The molecule has 37 heavy (non-hydrogen) atoms. The highest BCUT2D eigenvalue weighted by Gasteiger charge is 2.32. The van der Waals surface area contributed by atoms with E-state index in [0.717, 1.165) is 15.6 Å². The van der Waals surface area contributed by atoms with Crippen molar-refractivity contribution in [1.29, 1.82) is 0 Å². The first kappa shape index (κ1) is 28.1. The molecular weight excluding hydrogens is 522 g/mol. The van der Waals surface area contributed by atoms with Crippen LogP contribution in [0.5, 0.6) is 0 Å². The predicted molar refractivity (Wildman–Crippen MR) is 137 cm³/mol. The minimum Gasteiger partial charge on any atom is -0.450 e. The van der Waals surface area contributed by atoms with E-state index in [1.807, 2.05) is 0 Å². The number of carbonyl (C=O) groups excluding carboxylic acids is 4. The monoisotopic (exact) mass is 551 g/mol. The van der Waals surface area contributed by atoms with Crippen molar-refractivity contribution in [3.05, 3.63) is 45.8 Å². The zero-order valence-corrected chi connectivity index (χ0v) is 22.8. The predicted octanol–water partition coefficient (Wildman–Crippen LogP) is 2.18. The number of rotatable bonds is 6. The van der Waals surface area contributed by atoms with Crippen molar-refractivity contribution >= 4 is 50.3 Å². The van der Waals surface area contributed by atoms with Crippen LogP contribution in [0.2, 0.25) is 0 Å². The molecule has 0 unspecified atom stereocenters. The molecule has 1 aromatic heterocycles. The van der Waals surface area contributed by atoms with Gasteiger partial charge in [0.1, 0.15) is 5.00 Å². The largest absolute Gasteiger partial charge is 0.450 e. The van der Waals surface area contributed by atoms with E-state index in [-0.39, 0.29) is 34.2 Å². The fraction of sp³-hybridized carbons (Fsp3) is 0.391. The number of anilines is 1. The quantitative estimate of drug-likeness (QED) is 0.560. The zero-order valence-electron chi connectivity index (χ0n) is 21.2. The molecule has 2 aromatic rings. The molecule has 0 radical (unpaired) electrons. The maximum atomic E-state index is 13.1. The number of ether oxygens (including phenoxy) is 1. The Labute approximate surface area is 219 Å². The van der Waals surface area contributed by atoms with Gasteiger partial charge in [0.05, 0.1) is 23.6 Å². The lowest BCUT2D eigenvalue weighted by Crippen LogP contribution is -2.40. The molecule has 1 aromatic carbocycles. The molecule has 1 aliphatic heterocycles. The van der Waals surface area contributed by atoms with Crippen LogP contribution in [-0.4, -0.2) is 87.8 Å². The number of carbonyl (C=O) groups is 4. The summed E-state index contributed by atoms with van der Waals surface area (Å²) in [6, 6.07) is 4.77. The third-order valence-electron chi connectivity index (χ3n) is 5.56. The Morgan fingerprint density at radius 3 is 2.27 bits per heavy atom. The number of thiophene rings is 1. The van der Waals surface area contributed by atoms with E-state index < -0.39 is 34.0 Å². The number of benzene rings is 1. The summed E-state index contributed by atoms with van der Waals surface area (Å²) < 4.78 is 30.7. The zero-order chi connectivity index (χ0) is 27.5. The Morgan fingerprint density at radius 1 is 1.05 bits per heavy atom. The minimum absolute atomic E-state index is 0.0296. The van der Waals surface area contributed by atoms with Crippen molar-refractivity contribution in [3.8, 4) is 0 Å². The van der Waals surface area contributed by atoms with Gasteiger partial charge in [0, 0.05) is 45.2 Å². The van der Waals surface area contributed by atoms with Crippen LogP contribution in [0.3, 0.4) is 0 Å². The van der Waals surface area contributed by atoms with Gasteiger partial charge in [-0.15, -0.1) is 11.3 Å². The number of urea groups is 1. The average molecular weight is 552 g/mol. The maximum absolute atomic E-state index is 13.1. The summed E-state index contributed by atoms with van der Waals surface area (Å²) >= 11 is 1.13. The molecule has 0 saturated carbocycles. The summed E-state index contributed by atoms with van der Waals surface area (Å²) in [6.07, 6.45) is -0.148. The Morgan fingerprint density at radius 2 is 1.70 bits per heavy atom. The Bertz CT molecular complexity index is 1320. The molecule has 3 rings (SSSR count). The summed E-state index contributed by atoms with van der Waals surface area (Å²) in [5, 5.41) is 5.24. The Hall–Kier alpha value is -3.49. The van der Waals surface area contributed by atoms with Crippen LogP contribution in [0.15, 0.2) is 29.2 Å². The third-order valence-corrected chi connectivity index (χ3v) is 8.52. The van der Waals surface area contributed by atoms with Gasteiger partial charge in [-0.2, -0.15) is 0 Å². The van der Waals surface area contributed by atoms with Crippen molar-refractivity contribution in [1.82, 2.24) is 19.4 Å². The first-order chi connectivity index (χ1) is 17.4. The average Bonchev–Trinajstić information content (AvgIpc) is 3.20. The van der Waals surface area contributed by atoms with Gasteiger partial charge in [-0.3, -0.25) is 14.9 Å². The van der Waals surface area contributed by atoms with E-state index >= 15 is 0 Å². The van der Waals surface area contributed by atoms with Crippen LogP contribution in [0.25, 0.3) is 0 Å². The topological polar surface area (TPSA) is 145 Å². The van der Waals surface area contributed by atoms with Gasteiger partial charge >= 0.3 is 12.1 Å². The van der Waals surface area contributed by atoms with Crippen molar-refractivity contribution < 1.29 is 32.3 Å². The molecular formula is C23H29N5O7S2. The number of fused-ring (bicyclic) bond motifs is 1. The van der Waals surface area contributed by atoms with E-state index in [4.69, 9.17) is 4.74 Å². The van der Waals surface area contributed by atoms with E-state index in [9.17, 15) is 27.6 Å². The summed E-state index contributed by atoms with van der Waals surface area (Å²) in [6.45, 7) is 2.43. The lowest BCUT2D eigenvalue weighted by molar-refractivity contribution is 0.0955. The van der Waals surface area contributed by atoms with Gasteiger partial charge in [0.2, 0.25) is 10.0 Å². The smallest absolute Gasteiger partial charge is 0.410 e. The SMILES string of the molecule is CCOC(=O)N1CCc2c(sc(NC(=O)c3ccc(S(=O)(=O)N(C)C)cc3)c2C(=O)NC(=O)N(C)C)C1. The van der Waals surface area contributed by atoms with Crippen LogP contribution in [-0.2, 0) is 27.7 Å². The highest BCUT2D eigenvalue weighted by Crippen LogP contribution is 2.37. The van der Waals surface area contributed by atoms with E-state index in [0.29, 0.717) is 23.4 Å². The first-order valence-electron chi connectivity index (χ1n) is 11.3. The molecule has 0 aliphatic carbocycles.